The number of aliphatic hydroxyl groups excluding tert-OH is 1. The van der Waals surface area contributed by atoms with Crippen LogP contribution in [0.4, 0.5) is 11.4 Å². The van der Waals surface area contributed by atoms with Crippen LogP contribution in [0.5, 0.6) is 0 Å². The molecule has 0 aliphatic carbocycles. The van der Waals surface area contributed by atoms with E-state index in [1.54, 1.807) is 6.07 Å². The maximum atomic E-state index is 10.7. The summed E-state index contributed by atoms with van der Waals surface area (Å²) in [6.45, 7) is 3.77. The van der Waals surface area contributed by atoms with Gasteiger partial charge in [-0.3, -0.25) is 20.9 Å². The number of nitrogens with two attached hydrogens (primary N) is 1. The van der Waals surface area contributed by atoms with E-state index in [0.29, 0.717) is 18.8 Å². The summed E-state index contributed by atoms with van der Waals surface area (Å²) < 4.78 is 0. The molecule has 0 amide bonds. The van der Waals surface area contributed by atoms with Crippen LogP contribution < -0.4 is 11.3 Å². The number of nitrogen functional groups attached to an aromatic ring is 1. The van der Waals surface area contributed by atoms with Gasteiger partial charge in [0, 0.05) is 25.2 Å². The van der Waals surface area contributed by atoms with E-state index in [2.05, 4.69) is 5.43 Å². The Labute approximate surface area is 105 Å². The van der Waals surface area contributed by atoms with E-state index in [1.165, 1.54) is 12.1 Å². The number of anilines is 1. The van der Waals surface area contributed by atoms with Crippen LogP contribution in [0.1, 0.15) is 12.5 Å². The molecule has 100 valence electrons. The molecule has 0 radical (unpaired) electrons. The van der Waals surface area contributed by atoms with Crippen molar-refractivity contribution in [2.75, 3.05) is 25.1 Å². The number of benzene rings is 1. The van der Waals surface area contributed by atoms with Crippen molar-refractivity contribution in [1.29, 1.82) is 0 Å². The van der Waals surface area contributed by atoms with E-state index in [1.807, 2.05) is 11.8 Å². The summed E-state index contributed by atoms with van der Waals surface area (Å²) in [5, 5.41) is 19.7. The minimum atomic E-state index is -0.438. The topological polar surface area (TPSA) is 105 Å². The first kappa shape index (κ1) is 14.4. The number of non-ortho nitro benzene ring substituents is 1. The van der Waals surface area contributed by atoms with Gasteiger partial charge in [0.05, 0.1) is 17.2 Å². The van der Waals surface area contributed by atoms with Gasteiger partial charge in [0.15, 0.2) is 0 Å². The molecule has 1 rings (SSSR count). The molecule has 4 N–H and O–H groups in total. The Balaban J connectivity index is 2.96. The molecule has 0 saturated heterocycles. The van der Waals surface area contributed by atoms with Crippen LogP contribution >= 0.6 is 0 Å². The fraction of sp³-hybridized carbons (Fsp3) is 0.455. The largest absolute Gasteiger partial charge is 0.395 e. The molecule has 0 unspecified atom stereocenters. The zero-order valence-corrected chi connectivity index (χ0v) is 10.3. The highest BCUT2D eigenvalue weighted by molar-refractivity contribution is 5.55. The van der Waals surface area contributed by atoms with Crippen LogP contribution in [0.3, 0.4) is 0 Å². The van der Waals surface area contributed by atoms with E-state index in [9.17, 15) is 10.1 Å². The number of hydrogen-bond donors (Lipinski definition) is 3. The third-order valence-corrected chi connectivity index (χ3v) is 2.71. The van der Waals surface area contributed by atoms with Crippen molar-refractivity contribution in [2.24, 2.45) is 5.84 Å². The lowest BCUT2D eigenvalue weighted by atomic mass is 10.1. The predicted octanol–water partition coefficient (Wildman–Crippen LogP) is 0.695. The molecule has 1 aromatic carbocycles. The first-order chi connectivity index (χ1) is 8.62. The number of hydrazine groups is 1. The minimum Gasteiger partial charge on any atom is -0.395 e. The maximum Gasteiger partial charge on any atom is 0.269 e. The highest BCUT2D eigenvalue weighted by atomic mass is 16.6. The standard InChI is InChI=1S/C11H18N4O3/c1-2-14(5-6-16)8-9-7-10(15(17)18)3-4-11(9)13-12/h3-4,7,13,16H,2,5-6,8,12H2,1H3. The Morgan fingerprint density at radius 1 is 1.56 bits per heavy atom. The van der Waals surface area contributed by atoms with Gasteiger partial charge >= 0.3 is 0 Å². The molecule has 7 nitrogen and oxygen atoms in total. The summed E-state index contributed by atoms with van der Waals surface area (Å²) in [4.78, 5) is 12.3. The van der Waals surface area contributed by atoms with Crippen LogP contribution in [0.2, 0.25) is 0 Å². The van der Waals surface area contributed by atoms with Gasteiger partial charge in [0.1, 0.15) is 0 Å². The lowest BCUT2D eigenvalue weighted by Crippen LogP contribution is -2.27. The number of hydrogen-bond acceptors (Lipinski definition) is 6. The van der Waals surface area contributed by atoms with E-state index in [0.717, 1.165) is 12.1 Å². The zero-order chi connectivity index (χ0) is 13.5. The second-order valence-corrected chi connectivity index (χ2v) is 3.84. The highest BCUT2D eigenvalue weighted by Gasteiger charge is 2.12. The van der Waals surface area contributed by atoms with E-state index < -0.39 is 4.92 Å². The van der Waals surface area contributed by atoms with Crippen molar-refractivity contribution in [1.82, 2.24) is 4.90 Å². The molecule has 0 aliphatic rings. The van der Waals surface area contributed by atoms with Gasteiger partial charge in [-0.2, -0.15) is 0 Å². The normalized spacial score (nSPS) is 10.7. The summed E-state index contributed by atoms with van der Waals surface area (Å²) in [7, 11) is 0. The van der Waals surface area contributed by atoms with Gasteiger partial charge < -0.3 is 10.5 Å². The molecule has 1 aromatic rings. The number of nitrogens with one attached hydrogen (secondary N) is 1. The van der Waals surface area contributed by atoms with Crippen LogP contribution in [-0.2, 0) is 6.54 Å². The fourth-order valence-electron chi connectivity index (χ4n) is 1.70. The molecular formula is C11H18N4O3. The molecule has 0 fully saturated rings. The summed E-state index contributed by atoms with van der Waals surface area (Å²) in [5.41, 5.74) is 3.94. The Kier molecular flexibility index (Phi) is 5.50. The minimum absolute atomic E-state index is 0.0315. The SMILES string of the molecule is CCN(CCO)Cc1cc([N+](=O)[O-])ccc1NN. The smallest absolute Gasteiger partial charge is 0.269 e. The molecule has 0 atom stereocenters. The Bertz CT molecular complexity index is 411. The Morgan fingerprint density at radius 2 is 2.28 bits per heavy atom. The van der Waals surface area contributed by atoms with E-state index in [-0.39, 0.29) is 12.3 Å². The third-order valence-electron chi connectivity index (χ3n) is 2.71. The third kappa shape index (κ3) is 3.66. The fourth-order valence-corrected chi connectivity index (χ4v) is 1.70. The predicted molar refractivity (Wildman–Crippen MR) is 68.9 cm³/mol. The molecule has 0 aliphatic heterocycles. The monoisotopic (exact) mass is 254 g/mol. The van der Waals surface area contributed by atoms with E-state index >= 15 is 0 Å². The first-order valence-corrected chi connectivity index (χ1v) is 5.69. The quantitative estimate of drug-likeness (QED) is 0.376. The number of nitro groups is 1. The van der Waals surface area contributed by atoms with Crippen molar-refractivity contribution in [3.05, 3.63) is 33.9 Å². The number of aliphatic hydroxyl groups is 1. The summed E-state index contributed by atoms with van der Waals surface area (Å²) in [6, 6.07) is 4.48. The van der Waals surface area contributed by atoms with Gasteiger partial charge in [-0.25, -0.2) is 0 Å². The van der Waals surface area contributed by atoms with Crippen LogP contribution in [0, 0.1) is 10.1 Å². The van der Waals surface area contributed by atoms with Crippen LogP contribution in [0.15, 0.2) is 18.2 Å². The van der Waals surface area contributed by atoms with Crippen molar-refractivity contribution in [2.45, 2.75) is 13.5 Å². The average Bonchev–Trinajstić information content (AvgIpc) is 2.37. The second kappa shape index (κ2) is 6.90. The van der Waals surface area contributed by atoms with Gasteiger partial charge in [-0.15, -0.1) is 0 Å². The van der Waals surface area contributed by atoms with Crippen molar-refractivity contribution >= 4 is 11.4 Å². The van der Waals surface area contributed by atoms with Crippen LogP contribution in [0.25, 0.3) is 0 Å². The summed E-state index contributed by atoms with van der Waals surface area (Å²) >= 11 is 0. The molecule has 0 aromatic heterocycles. The maximum absolute atomic E-state index is 10.7. The molecule has 0 heterocycles. The molecule has 0 saturated carbocycles. The Morgan fingerprint density at radius 3 is 2.78 bits per heavy atom. The Hall–Kier alpha value is -1.70. The molecule has 7 heteroatoms. The lowest BCUT2D eigenvalue weighted by Gasteiger charge is -2.20. The number of rotatable bonds is 7. The molecule has 0 spiro atoms. The summed E-state index contributed by atoms with van der Waals surface area (Å²) in [6.07, 6.45) is 0. The van der Waals surface area contributed by atoms with E-state index in [4.69, 9.17) is 10.9 Å². The number of likely N-dealkylation sites (N-methyl/N-ethyl adjacent to an activating group) is 1. The van der Waals surface area contributed by atoms with Crippen molar-refractivity contribution in [3.63, 3.8) is 0 Å². The van der Waals surface area contributed by atoms with Crippen LogP contribution in [-0.4, -0.2) is 34.6 Å². The van der Waals surface area contributed by atoms with Crippen molar-refractivity contribution < 1.29 is 10.0 Å². The van der Waals surface area contributed by atoms with Crippen molar-refractivity contribution in [3.8, 4) is 0 Å². The summed E-state index contributed by atoms with van der Waals surface area (Å²) in [5.74, 6) is 5.38. The molecule has 0 bridgehead atoms. The first-order valence-electron chi connectivity index (χ1n) is 5.69. The number of nitro benzene ring substituents is 1. The number of nitrogens with zero attached hydrogens (tertiary/aromatic N) is 2. The van der Waals surface area contributed by atoms with Gasteiger partial charge in [-0.05, 0) is 18.2 Å². The van der Waals surface area contributed by atoms with Gasteiger partial charge in [0.25, 0.3) is 5.69 Å². The zero-order valence-electron chi connectivity index (χ0n) is 10.3. The van der Waals surface area contributed by atoms with Gasteiger partial charge in [-0.1, -0.05) is 6.92 Å². The molecule has 18 heavy (non-hydrogen) atoms. The molecular weight excluding hydrogens is 236 g/mol. The lowest BCUT2D eigenvalue weighted by molar-refractivity contribution is -0.384. The van der Waals surface area contributed by atoms with Gasteiger partial charge in [0.2, 0.25) is 0 Å². The second-order valence-electron chi connectivity index (χ2n) is 3.84. The average molecular weight is 254 g/mol. The highest BCUT2D eigenvalue weighted by Crippen LogP contribution is 2.22.